The first kappa shape index (κ1) is 18.4. The van der Waals surface area contributed by atoms with Crippen molar-refractivity contribution in [2.24, 2.45) is 5.10 Å². The van der Waals surface area contributed by atoms with Crippen LogP contribution in [0.25, 0.3) is 22.5 Å². The Morgan fingerprint density at radius 2 is 1.31 bits per heavy atom. The lowest BCUT2D eigenvalue weighted by Crippen LogP contribution is -2.00. The summed E-state index contributed by atoms with van der Waals surface area (Å²) in [6.45, 7) is 0. The number of rotatable bonds is 6. The minimum absolute atomic E-state index is 0.427. The standard InChI is InChI=1S/C24H20N4O/c1-29-23-15-9-8-14-20(23)17-25-28-24-26-21(18-10-4-2-5-11-18)16-22(27-24)19-12-6-3-7-13-19/h2-17H,1H3,(H,26,27,28). The number of aromatic nitrogens is 2. The molecule has 0 aliphatic carbocycles. The van der Waals surface area contributed by atoms with E-state index in [0.717, 1.165) is 33.8 Å². The Hall–Kier alpha value is -3.99. The Balaban J connectivity index is 1.68. The predicted molar refractivity (Wildman–Crippen MR) is 117 cm³/mol. The van der Waals surface area contributed by atoms with Crippen LogP contribution in [-0.4, -0.2) is 23.3 Å². The smallest absolute Gasteiger partial charge is 0.244 e. The molecule has 29 heavy (non-hydrogen) atoms. The van der Waals surface area contributed by atoms with E-state index in [4.69, 9.17) is 4.74 Å². The molecule has 142 valence electrons. The molecule has 0 amide bonds. The van der Waals surface area contributed by atoms with Crippen LogP contribution >= 0.6 is 0 Å². The number of nitrogens with one attached hydrogen (secondary N) is 1. The summed E-state index contributed by atoms with van der Waals surface area (Å²) in [4.78, 5) is 9.27. The van der Waals surface area contributed by atoms with E-state index in [1.807, 2.05) is 91.0 Å². The quantitative estimate of drug-likeness (QED) is 0.366. The molecular formula is C24H20N4O. The second-order valence-electron chi connectivity index (χ2n) is 6.31. The molecule has 0 bridgehead atoms. The Labute approximate surface area is 169 Å². The maximum atomic E-state index is 5.35. The van der Waals surface area contributed by atoms with E-state index in [-0.39, 0.29) is 0 Å². The van der Waals surface area contributed by atoms with Crippen molar-refractivity contribution in [2.45, 2.75) is 0 Å². The van der Waals surface area contributed by atoms with Gasteiger partial charge in [0.2, 0.25) is 5.95 Å². The fourth-order valence-corrected chi connectivity index (χ4v) is 2.94. The van der Waals surface area contributed by atoms with Crippen molar-refractivity contribution in [1.82, 2.24) is 9.97 Å². The summed E-state index contributed by atoms with van der Waals surface area (Å²) >= 11 is 0. The van der Waals surface area contributed by atoms with Gasteiger partial charge in [0, 0.05) is 16.7 Å². The minimum atomic E-state index is 0.427. The van der Waals surface area contributed by atoms with Crippen LogP contribution in [0, 0.1) is 0 Å². The lowest BCUT2D eigenvalue weighted by atomic mass is 10.1. The lowest BCUT2D eigenvalue weighted by Gasteiger charge is -2.08. The van der Waals surface area contributed by atoms with Gasteiger partial charge in [-0.1, -0.05) is 72.8 Å². The third-order valence-corrected chi connectivity index (χ3v) is 4.37. The largest absolute Gasteiger partial charge is 0.496 e. The molecule has 0 spiro atoms. The fourth-order valence-electron chi connectivity index (χ4n) is 2.94. The zero-order valence-electron chi connectivity index (χ0n) is 16.0. The molecule has 1 aromatic heterocycles. The molecule has 5 heteroatoms. The molecule has 0 radical (unpaired) electrons. The zero-order chi connectivity index (χ0) is 19.9. The first-order chi connectivity index (χ1) is 14.3. The molecule has 0 saturated carbocycles. The third kappa shape index (κ3) is 4.47. The van der Waals surface area contributed by atoms with E-state index in [2.05, 4.69) is 20.5 Å². The highest BCUT2D eigenvalue weighted by atomic mass is 16.5. The highest BCUT2D eigenvalue weighted by Gasteiger charge is 2.08. The summed E-state index contributed by atoms with van der Waals surface area (Å²) in [5, 5.41) is 4.31. The summed E-state index contributed by atoms with van der Waals surface area (Å²) in [5.74, 6) is 1.18. The molecule has 0 saturated heterocycles. The topological polar surface area (TPSA) is 59.4 Å². The Morgan fingerprint density at radius 3 is 1.90 bits per heavy atom. The average molecular weight is 380 g/mol. The van der Waals surface area contributed by atoms with Gasteiger partial charge >= 0.3 is 0 Å². The highest BCUT2D eigenvalue weighted by Crippen LogP contribution is 2.25. The molecule has 1 N–H and O–H groups in total. The van der Waals surface area contributed by atoms with Crippen molar-refractivity contribution in [3.8, 4) is 28.3 Å². The number of hydrogen-bond acceptors (Lipinski definition) is 5. The maximum Gasteiger partial charge on any atom is 0.244 e. The fraction of sp³-hybridized carbons (Fsp3) is 0.0417. The molecule has 0 aliphatic heterocycles. The number of para-hydroxylation sites is 1. The average Bonchev–Trinajstić information content (AvgIpc) is 2.80. The maximum absolute atomic E-state index is 5.35. The van der Waals surface area contributed by atoms with Crippen LogP contribution in [0.15, 0.2) is 96.1 Å². The van der Waals surface area contributed by atoms with Gasteiger partial charge in [0.25, 0.3) is 0 Å². The summed E-state index contributed by atoms with van der Waals surface area (Å²) in [6, 6.07) is 29.7. The van der Waals surface area contributed by atoms with Crippen LogP contribution in [-0.2, 0) is 0 Å². The molecule has 0 aliphatic rings. The normalized spacial score (nSPS) is 10.8. The predicted octanol–water partition coefficient (Wildman–Crippen LogP) is 5.27. The van der Waals surface area contributed by atoms with Gasteiger partial charge in [0.05, 0.1) is 24.7 Å². The van der Waals surface area contributed by atoms with Gasteiger partial charge in [-0.15, -0.1) is 0 Å². The Kier molecular flexibility index (Phi) is 5.58. The van der Waals surface area contributed by atoms with Gasteiger partial charge in [-0.05, 0) is 18.2 Å². The number of anilines is 1. The molecule has 4 rings (SSSR count). The first-order valence-electron chi connectivity index (χ1n) is 9.25. The van der Waals surface area contributed by atoms with Crippen molar-refractivity contribution >= 4 is 12.2 Å². The monoisotopic (exact) mass is 380 g/mol. The summed E-state index contributed by atoms with van der Waals surface area (Å²) in [6.07, 6.45) is 1.69. The van der Waals surface area contributed by atoms with Crippen LogP contribution < -0.4 is 10.2 Å². The highest BCUT2D eigenvalue weighted by molar-refractivity contribution is 5.84. The van der Waals surface area contributed by atoms with Crippen LogP contribution in [0.3, 0.4) is 0 Å². The van der Waals surface area contributed by atoms with Crippen LogP contribution in [0.1, 0.15) is 5.56 Å². The lowest BCUT2D eigenvalue weighted by molar-refractivity contribution is 0.414. The molecule has 0 fully saturated rings. The van der Waals surface area contributed by atoms with E-state index < -0.39 is 0 Å². The second-order valence-corrected chi connectivity index (χ2v) is 6.31. The molecule has 0 unspecified atom stereocenters. The van der Waals surface area contributed by atoms with Gasteiger partial charge < -0.3 is 4.74 Å². The molecule has 5 nitrogen and oxygen atoms in total. The minimum Gasteiger partial charge on any atom is -0.496 e. The van der Waals surface area contributed by atoms with Gasteiger partial charge in [0.1, 0.15) is 5.75 Å². The van der Waals surface area contributed by atoms with Crippen molar-refractivity contribution in [3.05, 3.63) is 96.6 Å². The molecule has 4 aromatic rings. The number of nitrogens with zero attached hydrogens (tertiary/aromatic N) is 3. The third-order valence-electron chi connectivity index (χ3n) is 4.37. The van der Waals surface area contributed by atoms with Crippen LogP contribution in [0.5, 0.6) is 5.75 Å². The SMILES string of the molecule is COc1ccccc1C=NNc1nc(-c2ccccc2)cc(-c2ccccc2)n1. The van der Waals surface area contributed by atoms with Crippen molar-refractivity contribution in [3.63, 3.8) is 0 Å². The molecule has 1 heterocycles. The van der Waals surface area contributed by atoms with Gasteiger partial charge in [-0.3, -0.25) is 0 Å². The summed E-state index contributed by atoms with van der Waals surface area (Å²) in [5.41, 5.74) is 7.51. The van der Waals surface area contributed by atoms with E-state index in [0.29, 0.717) is 5.95 Å². The molecule has 0 atom stereocenters. The van der Waals surface area contributed by atoms with Crippen molar-refractivity contribution in [2.75, 3.05) is 12.5 Å². The Bertz CT molecular complexity index is 1050. The van der Waals surface area contributed by atoms with E-state index >= 15 is 0 Å². The van der Waals surface area contributed by atoms with E-state index in [1.165, 1.54) is 0 Å². The number of hydrazone groups is 1. The number of benzene rings is 3. The van der Waals surface area contributed by atoms with E-state index in [1.54, 1.807) is 13.3 Å². The van der Waals surface area contributed by atoms with Gasteiger partial charge in [-0.25, -0.2) is 15.4 Å². The molecular weight excluding hydrogens is 360 g/mol. The first-order valence-corrected chi connectivity index (χ1v) is 9.25. The van der Waals surface area contributed by atoms with E-state index in [9.17, 15) is 0 Å². The van der Waals surface area contributed by atoms with Crippen molar-refractivity contribution in [1.29, 1.82) is 0 Å². The number of ether oxygens (including phenoxy) is 1. The Morgan fingerprint density at radius 1 is 0.759 bits per heavy atom. The zero-order valence-corrected chi connectivity index (χ0v) is 16.0. The molecule has 3 aromatic carbocycles. The second kappa shape index (κ2) is 8.80. The summed E-state index contributed by atoms with van der Waals surface area (Å²) in [7, 11) is 1.64. The van der Waals surface area contributed by atoms with Crippen molar-refractivity contribution < 1.29 is 4.74 Å². The van der Waals surface area contributed by atoms with Gasteiger partial charge in [0.15, 0.2) is 0 Å². The summed E-state index contributed by atoms with van der Waals surface area (Å²) < 4.78 is 5.35. The van der Waals surface area contributed by atoms with Crippen LogP contribution in [0.2, 0.25) is 0 Å². The van der Waals surface area contributed by atoms with Crippen LogP contribution in [0.4, 0.5) is 5.95 Å². The number of methoxy groups -OCH3 is 1. The van der Waals surface area contributed by atoms with Gasteiger partial charge in [-0.2, -0.15) is 5.10 Å². The number of hydrogen-bond donors (Lipinski definition) is 1.